The highest BCUT2D eigenvalue weighted by atomic mass is 35.5. The zero-order valence-corrected chi connectivity index (χ0v) is 19.4. The van der Waals surface area contributed by atoms with Gasteiger partial charge in [0.25, 0.3) is 15.9 Å². The summed E-state index contributed by atoms with van der Waals surface area (Å²) >= 11 is 5.96. The molecule has 0 heterocycles. The summed E-state index contributed by atoms with van der Waals surface area (Å²) in [6.07, 6.45) is 0. The maximum atomic E-state index is 12.7. The molecule has 7 nitrogen and oxygen atoms in total. The van der Waals surface area contributed by atoms with E-state index in [1.54, 1.807) is 30.3 Å². The Morgan fingerprint density at radius 3 is 2.25 bits per heavy atom. The van der Waals surface area contributed by atoms with E-state index in [1.807, 2.05) is 19.9 Å². The molecule has 9 heteroatoms. The first-order valence-electron chi connectivity index (χ1n) is 9.63. The van der Waals surface area contributed by atoms with Gasteiger partial charge in [0, 0.05) is 10.7 Å². The number of aryl methyl sites for hydroxylation is 2. The highest BCUT2D eigenvalue weighted by Gasteiger charge is 2.15. The maximum Gasteiger partial charge on any atom is 0.262 e. The van der Waals surface area contributed by atoms with Gasteiger partial charge in [0.2, 0.25) is 0 Å². The number of benzene rings is 3. The van der Waals surface area contributed by atoms with E-state index in [1.165, 1.54) is 31.4 Å². The van der Waals surface area contributed by atoms with Crippen molar-refractivity contribution in [2.75, 3.05) is 23.8 Å². The molecule has 0 bridgehead atoms. The molecule has 3 rings (SSSR count). The molecule has 0 atom stereocenters. The standard InChI is InChI=1S/C23H23ClN2O5S/c1-15-10-16(2)12-18(11-15)26-32(28,29)20-7-5-19(6-8-20)31-14-23(27)25-21-13-17(24)4-9-22(21)30-3/h4-13,26H,14H2,1-3H3,(H,25,27). The fourth-order valence-corrected chi connectivity index (χ4v) is 4.29. The summed E-state index contributed by atoms with van der Waals surface area (Å²) in [6, 6.07) is 16.2. The molecule has 2 N–H and O–H groups in total. The Labute approximate surface area is 192 Å². The van der Waals surface area contributed by atoms with Gasteiger partial charge in [0.1, 0.15) is 11.5 Å². The number of hydrogen-bond donors (Lipinski definition) is 2. The van der Waals surface area contributed by atoms with Crippen LogP contribution in [0.3, 0.4) is 0 Å². The van der Waals surface area contributed by atoms with E-state index in [0.29, 0.717) is 27.9 Å². The number of hydrogen-bond acceptors (Lipinski definition) is 5. The summed E-state index contributed by atoms with van der Waals surface area (Å²) < 4.78 is 38.5. The van der Waals surface area contributed by atoms with E-state index in [0.717, 1.165) is 11.1 Å². The first kappa shape index (κ1) is 23.4. The van der Waals surface area contributed by atoms with Crippen molar-refractivity contribution in [3.8, 4) is 11.5 Å². The van der Waals surface area contributed by atoms with Crippen molar-refractivity contribution in [2.24, 2.45) is 0 Å². The van der Waals surface area contributed by atoms with Gasteiger partial charge in [-0.15, -0.1) is 0 Å². The summed E-state index contributed by atoms with van der Waals surface area (Å²) in [4.78, 5) is 12.3. The van der Waals surface area contributed by atoms with Crippen molar-refractivity contribution < 1.29 is 22.7 Å². The number of anilines is 2. The van der Waals surface area contributed by atoms with Crippen LogP contribution in [0.4, 0.5) is 11.4 Å². The van der Waals surface area contributed by atoms with Crippen LogP contribution in [0.25, 0.3) is 0 Å². The van der Waals surface area contributed by atoms with E-state index in [2.05, 4.69) is 10.0 Å². The second kappa shape index (κ2) is 9.93. The maximum absolute atomic E-state index is 12.7. The van der Waals surface area contributed by atoms with E-state index < -0.39 is 15.9 Å². The summed E-state index contributed by atoms with van der Waals surface area (Å²) in [5.74, 6) is 0.399. The third-order valence-electron chi connectivity index (χ3n) is 4.41. The lowest BCUT2D eigenvalue weighted by Crippen LogP contribution is -2.20. The minimum atomic E-state index is -3.76. The van der Waals surface area contributed by atoms with Crippen LogP contribution in [-0.4, -0.2) is 28.0 Å². The van der Waals surface area contributed by atoms with E-state index in [-0.39, 0.29) is 11.5 Å². The van der Waals surface area contributed by atoms with Crippen LogP contribution in [0.5, 0.6) is 11.5 Å². The van der Waals surface area contributed by atoms with Gasteiger partial charge in [-0.3, -0.25) is 9.52 Å². The molecule has 3 aromatic carbocycles. The number of carbonyl (C=O) groups is 1. The molecule has 3 aromatic rings. The van der Waals surface area contributed by atoms with Crippen molar-refractivity contribution in [3.05, 3.63) is 76.8 Å². The quantitative estimate of drug-likeness (QED) is 0.490. The average molecular weight is 475 g/mol. The van der Waals surface area contributed by atoms with Gasteiger partial charge in [-0.05, 0) is 79.6 Å². The van der Waals surface area contributed by atoms with Crippen molar-refractivity contribution >= 4 is 38.9 Å². The molecule has 0 saturated carbocycles. The smallest absolute Gasteiger partial charge is 0.262 e. The summed E-state index contributed by atoms with van der Waals surface area (Å²) in [6.45, 7) is 3.52. The third kappa shape index (κ3) is 6.15. The van der Waals surface area contributed by atoms with Gasteiger partial charge in [-0.25, -0.2) is 8.42 Å². The van der Waals surface area contributed by atoms with E-state index >= 15 is 0 Å². The molecular weight excluding hydrogens is 452 g/mol. The number of rotatable bonds is 8. The van der Waals surface area contributed by atoms with Crippen molar-refractivity contribution in [1.82, 2.24) is 0 Å². The minimum absolute atomic E-state index is 0.0807. The lowest BCUT2D eigenvalue weighted by Gasteiger charge is -2.12. The molecule has 0 aliphatic heterocycles. The fraction of sp³-hybridized carbons (Fsp3) is 0.174. The van der Waals surface area contributed by atoms with Crippen LogP contribution in [-0.2, 0) is 14.8 Å². The van der Waals surface area contributed by atoms with Gasteiger partial charge in [0.15, 0.2) is 6.61 Å². The number of carbonyl (C=O) groups excluding carboxylic acids is 1. The average Bonchev–Trinajstić information content (AvgIpc) is 2.71. The van der Waals surface area contributed by atoms with Crippen LogP contribution in [0.2, 0.25) is 5.02 Å². The predicted molar refractivity (Wildman–Crippen MR) is 125 cm³/mol. The Morgan fingerprint density at radius 2 is 1.62 bits per heavy atom. The van der Waals surface area contributed by atoms with E-state index in [4.69, 9.17) is 21.1 Å². The molecule has 0 fully saturated rings. The molecule has 0 spiro atoms. The molecule has 32 heavy (non-hydrogen) atoms. The van der Waals surface area contributed by atoms with Crippen LogP contribution in [0.1, 0.15) is 11.1 Å². The van der Waals surface area contributed by atoms with E-state index in [9.17, 15) is 13.2 Å². The second-order valence-corrected chi connectivity index (χ2v) is 9.25. The number of methoxy groups -OCH3 is 1. The van der Waals surface area contributed by atoms with Gasteiger partial charge >= 0.3 is 0 Å². The van der Waals surface area contributed by atoms with Gasteiger partial charge in [-0.2, -0.15) is 0 Å². The Hall–Kier alpha value is -3.23. The molecule has 168 valence electrons. The third-order valence-corrected chi connectivity index (χ3v) is 6.05. The molecule has 0 saturated heterocycles. The monoisotopic (exact) mass is 474 g/mol. The molecule has 0 aliphatic carbocycles. The van der Waals surface area contributed by atoms with Crippen molar-refractivity contribution in [1.29, 1.82) is 0 Å². The fourth-order valence-electron chi connectivity index (χ4n) is 3.08. The first-order chi connectivity index (χ1) is 15.2. The molecular formula is C23H23ClN2O5S. The van der Waals surface area contributed by atoms with Crippen molar-refractivity contribution in [3.63, 3.8) is 0 Å². The highest BCUT2D eigenvalue weighted by Crippen LogP contribution is 2.27. The topological polar surface area (TPSA) is 93.7 Å². The zero-order chi connectivity index (χ0) is 23.3. The molecule has 1 amide bonds. The Bertz CT molecular complexity index is 1210. The SMILES string of the molecule is COc1ccc(Cl)cc1NC(=O)COc1ccc(S(=O)(=O)Nc2cc(C)cc(C)c2)cc1. The van der Waals surface area contributed by atoms with Gasteiger partial charge in [0.05, 0.1) is 17.7 Å². The number of halogens is 1. The predicted octanol–water partition coefficient (Wildman–Crippen LogP) is 4.78. The highest BCUT2D eigenvalue weighted by molar-refractivity contribution is 7.92. The summed E-state index contributed by atoms with van der Waals surface area (Å²) in [5.41, 5.74) is 2.84. The number of ether oxygens (including phenoxy) is 2. The van der Waals surface area contributed by atoms with Gasteiger partial charge in [-0.1, -0.05) is 17.7 Å². The summed E-state index contributed by atoms with van der Waals surface area (Å²) in [7, 11) is -2.27. The molecule has 0 aromatic heterocycles. The normalized spacial score (nSPS) is 11.0. The largest absolute Gasteiger partial charge is 0.495 e. The Morgan fingerprint density at radius 1 is 0.969 bits per heavy atom. The lowest BCUT2D eigenvalue weighted by atomic mass is 10.1. The molecule has 0 radical (unpaired) electrons. The van der Waals surface area contributed by atoms with Crippen LogP contribution in [0, 0.1) is 13.8 Å². The lowest BCUT2D eigenvalue weighted by molar-refractivity contribution is -0.118. The second-order valence-electron chi connectivity index (χ2n) is 7.13. The van der Waals surface area contributed by atoms with Crippen molar-refractivity contribution in [2.45, 2.75) is 18.7 Å². The van der Waals surface area contributed by atoms with Gasteiger partial charge < -0.3 is 14.8 Å². The minimum Gasteiger partial charge on any atom is -0.495 e. The Kier molecular flexibility index (Phi) is 7.27. The van der Waals surface area contributed by atoms with Crippen LogP contribution in [0.15, 0.2) is 65.6 Å². The zero-order valence-electron chi connectivity index (χ0n) is 17.8. The number of nitrogens with one attached hydrogen (secondary N) is 2. The van der Waals surface area contributed by atoms with Crippen LogP contribution < -0.4 is 19.5 Å². The summed E-state index contributed by atoms with van der Waals surface area (Å²) in [5, 5.41) is 3.12. The molecule has 0 unspecified atom stereocenters. The Balaban J connectivity index is 1.62. The number of amides is 1. The molecule has 0 aliphatic rings. The first-order valence-corrected chi connectivity index (χ1v) is 11.5. The van der Waals surface area contributed by atoms with Crippen LogP contribution >= 0.6 is 11.6 Å². The number of sulfonamides is 1.